The van der Waals surface area contributed by atoms with Crippen molar-refractivity contribution in [3.05, 3.63) is 52.9 Å². The van der Waals surface area contributed by atoms with Gasteiger partial charge in [-0.1, -0.05) is 24.3 Å². The summed E-state index contributed by atoms with van der Waals surface area (Å²) < 4.78 is 5.04. The highest BCUT2D eigenvalue weighted by Gasteiger charge is 2.26. The SMILES string of the molecule is CCOC(=O)c1cc2c(s1)N(c1ccccc1)C(O)C=C2. The molecule has 0 aliphatic carbocycles. The number of carbonyl (C=O) groups is 1. The molecule has 2 heterocycles. The van der Waals surface area contributed by atoms with Crippen molar-refractivity contribution >= 4 is 34.1 Å². The summed E-state index contributed by atoms with van der Waals surface area (Å²) in [6.45, 7) is 2.13. The normalized spacial score (nSPS) is 16.7. The third kappa shape index (κ3) is 2.57. The number of esters is 1. The van der Waals surface area contributed by atoms with Gasteiger partial charge in [0.15, 0.2) is 6.23 Å². The number of fused-ring (bicyclic) bond motifs is 1. The number of para-hydroxylation sites is 1. The van der Waals surface area contributed by atoms with Gasteiger partial charge in [0.1, 0.15) is 9.88 Å². The lowest BCUT2D eigenvalue weighted by atomic mass is 10.1. The number of benzene rings is 1. The first-order valence-corrected chi connectivity index (χ1v) is 7.54. The predicted molar refractivity (Wildman–Crippen MR) is 83.9 cm³/mol. The number of rotatable bonds is 3. The fraction of sp³-hybridized carbons (Fsp3) is 0.188. The minimum atomic E-state index is -0.742. The van der Waals surface area contributed by atoms with Crippen molar-refractivity contribution in [2.45, 2.75) is 13.2 Å². The molecule has 5 heteroatoms. The third-order valence-electron chi connectivity index (χ3n) is 3.18. The highest BCUT2D eigenvalue weighted by atomic mass is 32.1. The van der Waals surface area contributed by atoms with E-state index in [2.05, 4.69) is 0 Å². The molecule has 0 bridgehead atoms. The number of anilines is 2. The summed E-state index contributed by atoms with van der Waals surface area (Å²) >= 11 is 1.33. The number of thiophene rings is 1. The van der Waals surface area contributed by atoms with Gasteiger partial charge in [0.2, 0.25) is 0 Å². The van der Waals surface area contributed by atoms with Crippen LogP contribution in [0, 0.1) is 0 Å². The molecule has 1 aromatic carbocycles. The first-order chi connectivity index (χ1) is 10.2. The Morgan fingerprint density at radius 2 is 2.14 bits per heavy atom. The lowest BCUT2D eigenvalue weighted by Crippen LogP contribution is -2.30. The van der Waals surface area contributed by atoms with Crippen molar-refractivity contribution in [2.75, 3.05) is 11.5 Å². The molecule has 0 radical (unpaired) electrons. The smallest absolute Gasteiger partial charge is 0.348 e. The minimum Gasteiger partial charge on any atom is -0.462 e. The second-order valence-electron chi connectivity index (χ2n) is 4.57. The summed E-state index contributed by atoms with van der Waals surface area (Å²) in [5.41, 5.74) is 1.80. The van der Waals surface area contributed by atoms with Crippen molar-refractivity contribution in [1.29, 1.82) is 0 Å². The number of carbonyl (C=O) groups excluding carboxylic acids is 1. The summed E-state index contributed by atoms with van der Waals surface area (Å²) in [5, 5.41) is 11.1. The van der Waals surface area contributed by atoms with Crippen LogP contribution in [0.25, 0.3) is 6.08 Å². The van der Waals surface area contributed by atoms with Crippen LogP contribution in [0.3, 0.4) is 0 Å². The molecule has 1 aliphatic heterocycles. The van der Waals surface area contributed by atoms with Crippen LogP contribution in [0.4, 0.5) is 10.7 Å². The largest absolute Gasteiger partial charge is 0.462 e. The van der Waals surface area contributed by atoms with Crippen molar-refractivity contribution in [3.8, 4) is 0 Å². The van der Waals surface area contributed by atoms with Crippen LogP contribution in [-0.4, -0.2) is 23.9 Å². The zero-order valence-corrected chi connectivity index (χ0v) is 12.3. The minimum absolute atomic E-state index is 0.326. The van der Waals surface area contributed by atoms with Gasteiger partial charge in [-0.2, -0.15) is 0 Å². The molecule has 0 spiro atoms. The lowest BCUT2D eigenvalue weighted by Gasteiger charge is -2.30. The average molecular weight is 301 g/mol. The van der Waals surface area contributed by atoms with Gasteiger partial charge in [0.25, 0.3) is 0 Å². The van der Waals surface area contributed by atoms with E-state index in [1.54, 1.807) is 19.1 Å². The maximum Gasteiger partial charge on any atom is 0.348 e. The molecule has 0 saturated heterocycles. The Hall–Kier alpha value is -2.11. The Bertz CT molecular complexity index is 678. The van der Waals surface area contributed by atoms with Gasteiger partial charge in [-0.3, -0.25) is 0 Å². The topological polar surface area (TPSA) is 49.8 Å². The Balaban J connectivity index is 2.02. The van der Waals surface area contributed by atoms with Gasteiger partial charge in [-0.15, -0.1) is 11.3 Å². The quantitative estimate of drug-likeness (QED) is 0.883. The zero-order chi connectivity index (χ0) is 14.8. The van der Waals surface area contributed by atoms with E-state index in [0.29, 0.717) is 11.5 Å². The van der Waals surface area contributed by atoms with Crippen LogP contribution in [0.5, 0.6) is 0 Å². The van der Waals surface area contributed by atoms with E-state index in [-0.39, 0.29) is 5.97 Å². The van der Waals surface area contributed by atoms with Gasteiger partial charge in [0.05, 0.1) is 6.61 Å². The summed E-state index contributed by atoms with van der Waals surface area (Å²) in [6, 6.07) is 11.4. The molecule has 0 saturated carbocycles. The number of hydrogen-bond donors (Lipinski definition) is 1. The van der Waals surface area contributed by atoms with E-state index < -0.39 is 6.23 Å². The van der Waals surface area contributed by atoms with Crippen LogP contribution in [-0.2, 0) is 4.74 Å². The number of ether oxygens (including phenoxy) is 1. The zero-order valence-electron chi connectivity index (χ0n) is 11.5. The van der Waals surface area contributed by atoms with E-state index in [1.807, 2.05) is 41.3 Å². The molecule has 1 aromatic heterocycles. The fourth-order valence-electron chi connectivity index (χ4n) is 2.26. The molecular formula is C16H15NO3S. The molecule has 21 heavy (non-hydrogen) atoms. The number of hydrogen-bond acceptors (Lipinski definition) is 5. The van der Waals surface area contributed by atoms with Crippen molar-refractivity contribution in [3.63, 3.8) is 0 Å². The molecule has 0 amide bonds. The molecule has 2 aromatic rings. The van der Waals surface area contributed by atoms with E-state index in [1.165, 1.54) is 11.3 Å². The number of aliphatic hydroxyl groups excluding tert-OH is 1. The molecule has 0 fully saturated rings. The van der Waals surface area contributed by atoms with Crippen LogP contribution < -0.4 is 4.90 Å². The molecule has 4 nitrogen and oxygen atoms in total. The molecular weight excluding hydrogens is 286 g/mol. The predicted octanol–water partition coefficient (Wildman–Crippen LogP) is 3.41. The number of nitrogens with zero attached hydrogens (tertiary/aromatic N) is 1. The van der Waals surface area contributed by atoms with Crippen molar-refractivity contribution in [2.24, 2.45) is 0 Å². The van der Waals surface area contributed by atoms with Gasteiger partial charge in [0, 0.05) is 11.3 Å². The van der Waals surface area contributed by atoms with E-state index in [4.69, 9.17) is 4.74 Å². The Morgan fingerprint density at radius 3 is 2.86 bits per heavy atom. The van der Waals surface area contributed by atoms with Gasteiger partial charge >= 0.3 is 5.97 Å². The van der Waals surface area contributed by atoms with Crippen LogP contribution in [0.2, 0.25) is 0 Å². The molecule has 1 aliphatic rings. The maximum atomic E-state index is 11.9. The Labute approximate surface area is 126 Å². The van der Waals surface area contributed by atoms with Gasteiger partial charge in [-0.05, 0) is 31.2 Å². The molecule has 3 rings (SSSR count). The van der Waals surface area contributed by atoms with Crippen molar-refractivity contribution < 1.29 is 14.6 Å². The highest BCUT2D eigenvalue weighted by Crippen LogP contribution is 2.41. The Kier molecular flexibility index (Phi) is 3.77. The summed E-state index contributed by atoms with van der Waals surface area (Å²) in [5.74, 6) is -0.326. The third-order valence-corrected chi connectivity index (χ3v) is 4.31. The second-order valence-corrected chi connectivity index (χ2v) is 5.60. The fourth-order valence-corrected chi connectivity index (χ4v) is 3.35. The van der Waals surface area contributed by atoms with Crippen LogP contribution >= 0.6 is 11.3 Å². The second kappa shape index (κ2) is 5.71. The van der Waals surface area contributed by atoms with E-state index in [9.17, 15) is 9.90 Å². The Morgan fingerprint density at radius 1 is 1.38 bits per heavy atom. The molecule has 1 N–H and O–H groups in total. The summed E-state index contributed by atoms with van der Waals surface area (Å²) in [6.07, 6.45) is 2.80. The monoisotopic (exact) mass is 301 g/mol. The maximum absolute atomic E-state index is 11.9. The lowest BCUT2D eigenvalue weighted by molar-refractivity contribution is 0.0532. The van der Waals surface area contributed by atoms with Crippen LogP contribution in [0.15, 0.2) is 42.5 Å². The van der Waals surface area contributed by atoms with E-state index >= 15 is 0 Å². The standard InChI is InChI=1S/C16H15NO3S/c1-2-20-16(19)13-10-11-8-9-14(18)17(15(11)21-13)12-6-4-3-5-7-12/h3-10,14,18H,2H2,1H3. The first kappa shape index (κ1) is 13.9. The van der Waals surface area contributed by atoms with Gasteiger partial charge in [-0.25, -0.2) is 4.79 Å². The summed E-state index contributed by atoms with van der Waals surface area (Å²) in [7, 11) is 0. The average Bonchev–Trinajstić information content (AvgIpc) is 2.92. The number of aliphatic hydroxyl groups is 1. The summed E-state index contributed by atoms with van der Waals surface area (Å²) in [4.78, 5) is 14.2. The van der Waals surface area contributed by atoms with E-state index in [0.717, 1.165) is 16.3 Å². The van der Waals surface area contributed by atoms with Crippen LogP contribution in [0.1, 0.15) is 22.2 Å². The molecule has 108 valence electrons. The first-order valence-electron chi connectivity index (χ1n) is 6.72. The van der Waals surface area contributed by atoms with Gasteiger partial charge < -0.3 is 14.7 Å². The molecule has 1 atom stereocenters. The molecule has 1 unspecified atom stereocenters. The van der Waals surface area contributed by atoms with Crippen molar-refractivity contribution in [1.82, 2.24) is 0 Å². The highest BCUT2D eigenvalue weighted by molar-refractivity contribution is 7.18.